The molecule has 2 aromatic rings. The third kappa shape index (κ3) is 8.19. The van der Waals surface area contributed by atoms with E-state index >= 15 is 0 Å². The molecule has 31 heavy (non-hydrogen) atoms. The number of hydrogen-bond acceptors (Lipinski definition) is 4. The highest BCUT2D eigenvalue weighted by molar-refractivity contribution is 5.79. The minimum Gasteiger partial charge on any atom is -0.381 e. The summed E-state index contributed by atoms with van der Waals surface area (Å²) < 4.78 is 12.8. The number of pyridine rings is 1. The molecule has 1 fully saturated rings. The van der Waals surface area contributed by atoms with E-state index < -0.39 is 0 Å². The van der Waals surface area contributed by atoms with Gasteiger partial charge in [-0.05, 0) is 37.0 Å². The molecule has 1 unspecified atom stereocenters. The fourth-order valence-corrected chi connectivity index (χ4v) is 3.40. The van der Waals surface area contributed by atoms with Crippen LogP contribution < -0.4 is 16.2 Å². The van der Waals surface area contributed by atoms with Crippen LogP contribution >= 0.6 is 0 Å². The van der Waals surface area contributed by atoms with Crippen LogP contribution in [0, 0.1) is 5.92 Å². The molecular formula is C24H34N4O3. The molecule has 7 heteroatoms. The lowest BCUT2D eigenvalue weighted by Crippen LogP contribution is -2.38. The van der Waals surface area contributed by atoms with Gasteiger partial charge in [-0.1, -0.05) is 30.3 Å². The molecule has 1 saturated heterocycles. The lowest BCUT2D eigenvalue weighted by molar-refractivity contribution is 0.0888. The summed E-state index contributed by atoms with van der Waals surface area (Å²) in [5, 5.41) is 6.65. The van der Waals surface area contributed by atoms with Crippen LogP contribution in [0.3, 0.4) is 0 Å². The van der Waals surface area contributed by atoms with Crippen LogP contribution in [0.4, 0.5) is 0 Å². The Hall–Kier alpha value is -2.64. The maximum atomic E-state index is 11.9. The normalized spacial score (nSPS) is 16.4. The van der Waals surface area contributed by atoms with Crippen molar-refractivity contribution in [3.05, 3.63) is 70.1 Å². The molecule has 0 spiro atoms. The molecule has 1 aromatic heterocycles. The van der Waals surface area contributed by atoms with Crippen molar-refractivity contribution in [2.24, 2.45) is 10.9 Å². The number of nitrogens with one attached hydrogen (secondary N) is 2. The molecule has 0 amide bonds. The molecule has 2 heterocycles. The summed E-state index contributed by atoms with van der Waals surface area (Å²) in [6.07, 6.45) is 3.86. The maximum Gasteiger partial charge on any atom is 0.250 e. The Labute approximate surface area is 184 Å². The van der Waals surface area contributed by atoms with Crippen LogP contribution in [0.5, 0.6) is 0 Å². The fourth-order valence-electron chi connectivity index (χ4n) is 3.40. The van der Waals surface area contributed by atoms with Gasteiger partial charge in [0.15, 0.2) is 5.96 Å². The van der Waals surface area contributed by atoms with Crippen LogP contribution in [0.1, 0.15) is 30.9 Å². The van der Waals surface area contributed by atoms with Gasteiger partial charge in [-0.15, -0.1) is 0 Å². The van der Waals surface area contributed by atoms with Gasteiger partial charge in [-0.25, -0.2) is 4.99 Å². The number of aromatic nitrogens is 1. The highest BCUT2D eigenvalue weighted by Crippen LogP contribution is 2.12. The van der Waals surface area contributed by atoms with Gasteiger partial charge < -0.3 is 24.7 Å². The topological polar surface area (TPSA) is 76.9 Å². The first-order valence-electron chi connectivity index (χ1n) is 11.2. The fraction of sp³-hybridized carbons (Fsp3) is 0.500. The van der Waals surface area contributed by atoms with Crippen molar-refractivity contribution in [3.63, 3.8) is 0 Å². The molecule has 0 saturated carbocycles. The molecule has 0 bridgehead atoms. The summed E-state index contributed by atoms with van der Waals surface area (Å²) in [7, 11) is 0. The lowest BCUT2D eigenvalue weighted by Gasteiger charge is -2.12. The number of guanidine groups is 1. The summed E-state index contributed by atoms with van der Waals surface area (Å²) in [5.74, 6) is 1.37. The van der Waals surface area contributed by atoms with Crippen molar-refractivity contribution in [1.29, 1.82) is 0 Å². The summed E-state index contributed by atoms with van der Waals surface area (Å²) in [6, 6.07) is 13.4. The predicted molar refractivity (Wildman–Crippen MR) is 123 cm³/mol. The number of benzene rings is 1. The smallest absolute Gasteiger partial charge is 0.250 e. The highest BCUT2D eigenvalue weighted by Gasteiger charge is 2.15. The van der Waals surface area contributed by atoms with Gasteiger partial charge in [-0.2, -0.15) is 0 Å². The van der Waals surface area contributed by atoms with E-state index in [0.29, 0.717) is 19.0 Å². The number of rotatable bonds is 11. The van der Waals surface area contributed by atoms with Gasteiger partial charge in [0.2, 0.25) is 0 Å². The molecule has 0 radical (unpaired) electrons. The second-order valence-corrected chi connectivity index (χ2v) is 7.76. The second-order valence-electron chi connectivity index (χ2n) is 7.76. The van der Waals surface area contributed by atoms with E-state index in [2.05, 4.69) is 46.8 Å². The average Bonchev–Trinajstić information content (AvgIpc) is 3.30. The van der Waals surface area contributed by atoms with Gasteiger partial charge >= 0.3 is 0 Å². The molecule has 1 aliphatic rings. The maximum absolute atomic E-state index is 11.9. The third-order valence-corrected chi connectivity index (χ3v) is 5.17. The average molecular weight is 427 g/mol. The molecule has 1 aliphatic heterocycles. The summed E-state index contributed by atoms with van der Waals surface area (Å²) in [5.41, 5.74) is 2.23. The zero-order valence-corrected chi connectivity index (χ0v) is 18.4. The summed E-state index contributed by atoms with van der Waals surface area (Å²) in [6.45, 7) is 8.10. The van der Waals surface area contributed by atoms with Crippen LogP contribution in [0.15, 0.2) is 58.4 Å². The zero-order valence-electron chi connectivity index (χ0n) is 18.4. The number of hydrogen-bond donors (Lipinski definition) is 2. The highest BCUT2D eigenvalue weighted by atomic mass is 16.5. The van der Waals surface area contributed by atoms with Gasteiger partial charge in [0.1, 0.15) is 0 Å². The van der Waals surface area contributed by atoms with Gasteiger partial charge in [-0.3, -0.25) is 4.79 Å². The molecular weight excluding hydrogens is 392 g/mol. The standard InChI is InChI=1S/C24H34N4O3/c1-2-25-24(26-12-5-14-30-18-22-11-15-31-19-22)27-16-20-7-9-21(10-8-20)17-28-13-4-3-6-23(28)29/h3-4,6-10,13,22H,2,5,11-12,14-19H2,1H3,(H2,25,26,27). The van der Waals surface area contributed by atoms with Gasteiger partial charge in [0.25, 0.3) is 5.56 Å². The van der Waals surface area contributed by atoms with E-state index in [1.807, 2.05) is 12.3 Å². The van der Waals surface area contributed by atoms with Gasteiger partial charge in [0, 0.05) is 44.5 Å². The molecule has 0 aliphatic carbocycles. The SMILES string of the molecule is CCNC(=NCc1ccc(Cn2ccccc2=O)cc1)NCCCOCC1CCOC1. The number of aliphatic imine (C=N–C) groups is 1. The Morgan fingerprint density at radius 3 is 2.77 bits per heavy atom. The Kier molecular flexibility index (Phi) is 9.60. The molecule has 2 N–H and O–H groups in total. The minimum atomic E-state index is 0.00971. The Morgan fingerprint density at radius 1 is 1.19 bits per heavy atom. The van der Waals surface area contributed by atoms with E-state index in [-0.39, 0.29) is 5.56 Å². The van der Waals surface area contributed by atoms with E-state index in [9.17, 15) is 4.79 Å². The Balaban J connectivity index is 1.40. The van der Waals surface area contributed by atoms with Crippen LogP contribution in [0.2, 0.25) is 0 Å². The summed E-state index contributed by atoms with van der Waals surface area (Å²) in [4.78, 5) is 16.5. The molecule has 1 aromatic carbocycles. The Bertz CT molecular complexity index is 858. The van der Waals surface area contributed by atoms with Crippen molar-refractivity contribution in [1.82, 2.24) is 15.2 Å². The first-order valence-corrected chi connectivity index (χ1v) is 11.2. The third-order valence-electron chi connectivity index (χ3n) is 5.17. The van der Waals surface area contributed by atoms with Crippen LogP contribution in [0.25, 0.3) is 0 Å². The molecule has 1 atom stereocenters. The first-order chi connectivity index (χ1) is 15.2. The minimum absolute atomic E-state index is 0.00971. The van der Waals surface area contributed by atoms with E-state index in [0.717, 1.165) is 69.4 Å². The predicted octanol–water partition coefficient (Wildman–Crippen LogP) is 2.39. The quantitative estimate of drug-likeness (QED) is 0.328. The van der Waals surface area contributed by atoms with Gasteiger partial charge in [0.05, 0.1) is 26.3 Å². The van der Waals surface area contributed by atoms with E-state index in [1.165, 1.54) is 0 Å². The largest absolute Gasteiger partial charge is 0.381 e. The molecule has 7 nitrogen and oxygen atoms in total. The van der Waals surface area contributed by atoms with E-state index in [1.54, 1.807) is 16.7 Å². The van der Waals surface area contributed by atoms with Crippen molar-refractivity contribution in [2.45, 2.75) is 32.9 Å². The second kappa shape index (κ2) is 12.9. The monoisotopic (exact) mass is 426 g/mol. The van der Waals surface area contributed by atoms with Crippen molar-refractivity contribution in [3.8, 4) is 0 Å². The zero-order chi connectivity index (χ0) is 21.7. The van der Waals surface area contributed by atoms with Crippen molar-refractivity contribution in [2.75, 3.05) is 39.5 Å². The number of ether oxygens (including phenoxy) is 2. The van der Waals surface area contributed by atoms with Crippen LogP contribution in [-0.2, 0) is 22.6 Å². The molecule has 168 valence electrons. The first kappa shape index (κ1) is 23.0. The van der Waals surface area contributed by atoms with Crippen molar-refractivity contribution >= 4 is 5.96 Å². The molecule has 3 rings (SSSR count). The van der Waals surface area contributed by atoms with Crippen LogP contribution in [-0.4, -0.2) is 50.0 Å². The van der Waals surface area contributed by atoms with Crippen molar-refractivity contribution < 1.29 is 9.47 Å². The number of nitrogens with zero attached hydrogens (tertiary/aromatic N) is 2. The Morgan fingerprint density at radius 2 is 2.03 bits per heavy atom. The van der Waals surface area contributed by atoms with E-state index in [4.69, 9.17) is 9.47 Å². The lowest BCUT2D eigenvalue weighted by atomic mass is 10.1. The summed E-state index contributed by atoms with van der Waals surface area (Å²) >= 11 is 0.